The number of ether oxygens (including phenoxy) is 2. The molecule has 1 amide bonds. The van der Waals surface area contributed by atoms with Crippen LogP contribution in [-0.4, -0.2) is 32.1 Å². The van der Waals surface area contributed by atoms with Crippen LogP contribution in [0, 0.1) is 0 Å². The number of anilines is 1. The zero-order valence-electron chi connectivity index (χ0n) is 16.7. The van der Waals surface area contributed by atoms with Gasteiger partial charge in [-0.15, -0.1) is 0 Å². The number of carbonyl (C=O) groups excluding carboxylic acids is 2. The van der Waals surface area contributed by atoms with Gasteiger partial charge in [-0.25, -0.2) is 4.79 Å². The van der Waals surface area contributed by atoms with E-state index in [1.165, 1.54) is 0 Å². The first-order valence-electron chi connectivity index (χ1n) is 9.48. The van der Waals surface area contributed by atoms with Crippen LogP contribution in [0.5, 0.6) is 5.75 Å². The number of unbranched alkanes of at least 4 members (excludes halogenated alkanes) is 1. The predicted octanol–water partition coefficient (Wildman–Crippen LogP) is 3.94. The van der Waals surface area contributed by atoms with Crippen LogP contribution < -0.4 is 15.4 Å². The quantitative estimate of drug-likeness (QED) is 0.479. The van der Waals surface area contributed by atoms with E-state index in [1.807, 2.05) is 38.1 Å². The molecule has 2 N–H and O–H groups in total. The largest absolute Gasteiger partial charge is 0.496 e. The second-order valence-corrected chi connectivity index (χ2v) is 6.45. The highest BCUT2D eigenvalue weighted by Crippen LogP contribution is 2.24. The van der Waals surface area contributed by atoms with Crippen molar-refractivity contribution in [1.82, 2.24) is 5.32 Å². The van der Waals surface area contributed by atoms with Crippen molar-refractivity contribution in [1.29, 1.82) is 0 Å². The summed E-state index contributed by atoms with van der Waals surface area (Å²) in [4.78, 5) is 24.1. The van der Waals surface area contributed by atoms with Crippen LogP contribution in [0.3, 0.4) is 0 Å². The number of benzene rings is 2. The highest BCUT2D eigenvalue weighted by molar-refractivity contribution is 5.90. The molecule has 0 saturated heterocycles. The number of esters is 1. The van der Waals surface area contributed by atoms with Gasteiger partial charge in [-0.3, -0.25) is 4.79 Å². The third-order valence-electron chi connectivity index (χ3n) is 4.29. The second kappa shape index (κ2) is 11.0. The van der Waals surface area contributed by atoms with Gasteiger partial charge in [0.05, 0.1) is 31.9 Å². The van der Waals surface area contributed by atoms with Gasteiger partial charge in [-0.2, -0.15) is 0 Å². The average Bonchev–Trinajstić information content (AvgIpc) is 2.72. The van der Waals surface area contributed by atoms with E-state index >= 15 is 0 Å². The van der Waals surface area contributed by atoms with Gasteiger partial charge in [0.15, 0.2) is 0 Å². The smallest absolute Gasteiger partial charge is 0.338 e. The molecule has 6 heteroatoms. The second-order valence-electron chi connectivity index (χ2n) is 6.45. The van der Waals surface area contributed by atoms with E-state index in [0.717, 1.165) is 29.8 Å². The van der Waals surface area contributed by atoms with Crippen LogP contribution in [0.15, 0.2) is 48.5 Å². The van der Waals surface area contributed by atoms with Gasteiger partial charge in [0.1, 0.15) is 5.75 Å². The minimum absolute atomic E-state index is 0.125. The average molecular weight is 384 g/mol. The summed E-state index contributed by atoms with van der Waals surface area (Å²) in [6.45, 7) is 4.51. The molecule has 1 atom stereocenters. The van der Waals surface area contributed by atoms with Gasteiger partial charge < -0.3 is 20.1 Å². The van der Waals surface area contributed by atoms with Crippen molar-refractivity contribution in [3.05, 3.63) is 59.7 Å². The minimum Gasteiger partial charge on any atom is -0.496 e. The van der Waals surface area contributed by atoms with E-state index in [-0.39, 0.29) is 24.5 Å². The van der Waals surface area contributed by atoms with Crippen molar-refractivity contribution in [3.8, 4) is 5.75 Å². The lowest BCUT2D eigenvalue weighted by molar-refractivity contribution is -0.120. The van der Waals surface area contributed by atoms with Gasteiger partial charge in [0, 0.05) is 11.3 Å². The number of amides is 1. The molecule has 0 radical (unpaired) electrons. The minimum atomic E-state index is -0.330. The standard InChI is InChI=1S/C22H28N2O4/c1-4-5-14-28-22(26)17-10-12-18(13-11-17)23-15-21(25)24-16(2)19-8-6-7-9-20(19)27-3/h6-13,16,23H,4-5,14-15H2,1-3H3,(H,24,25). The summed E-state index contributed by atoms with van der Waals surface area (Å²) in [5.41, 5.74) is 2.17. The molecule has 150 valence electrons. The van der Waals surface area contributed by atoms with E-state index in [0.29, 0.717) is 12.2 Å². The van der Waals surface area contributed by atoms with E-state index in [2.05, 4.69) is 10.6 Å². The number of rotatable bonds is 10. The molecule has 0 heterocycles. The van der Waals surface area contributed by atoms with Crippen LogP contribution in [0.2, 0.25) is 0 Å². The molecule has 28 heavy (non-hydrogen) atoms. The van der Waals surface area contributed by atoms with Crippen molar-refractivity contribution in [2.45, 2.75) is 32.7 Å². The number of nitrogens with one attached hydrogen (secondary N) is 2. The number of hydrogen-bond acceptors (Lipinski definition) is 5. The summed E-state index contributed by atoms with van der Waals surface area (Å²) < 4.78 is 10.5. The normalized spacial score (nSPS) is 11.4. The van der Waals surface area contributed by atoms with Crippen molar-refractivity contribution in [2.75, 3.05) is 25.6 Å². The number of methoxy groups -OCH3 is 1. The van der Waals surface area contributed by atoms with Gasteiger partial charge in [-0.05, 0) is 43.7 Å². The SMILES string of the molecule is CCCCOC(=O)c1ccc(NCC(=O)NC(C)c2ccccc2OC)cc1. The third kappa shape index (κ3) is 6.30. The predicted molar refractivity (Wildman–Crippen MR) is 110 cm³/mol. The van der Waals surface area contributed by atoms with E-state index in [9.17, 15) is 9.59 Å². The molecule has 2 aromatic carbocycles. The van der Waals surface area contributed by atoms with E-state index in [4.69, 9.17) is 9.47 Å². The summed E-state index contributed by atoms with van der Waals surface area (Å²) >= 11 is 0. The van der Waals surface area contributed by atoms with Gasteiger partial charge in [0.2, 0.25) is 5.91 Å². The summed E-state index contributed by atoms with van der Waals surface area (Å²) in [5, 5.41) is 6.00. The first-order valence-corrected chi connectivity index (χ1v) is 9.48. The first-order chi connectivity index (χ1) is 13.5. The molecule has 0 spiro atoms. The Kier molecular flexibility index (Phi) is 8.34. The monoisotopic (exact) mass is 384 g/mol. The Morgan fingerprint density at radius 2 is 1.79 bits per heavy atom. The summed E-state index contributed by atoms with van der Waals surface area (Å²) in [5.74, 6) is 0.273. The first kappa shape index (κ1) is 21.3. The maximum Gasteiger partial charge on any atom is 0.338 e. The highest BCUT2D eigenvalue weighted by Gasteiger charge is 2.13. The molecule has 0 aliphatic carbocycles. The zero-order valence-corrected chi connectivity index (χ0v) is 16.7. The Labute approximate surface area is 166 Å². The van der Waals surface area contributed by atoms with Crippen molar-refractivity contribution in [2.24, 2.45) is 0 Å². The van der Waals surface area contributed by atoms with Crippen LogP contribution in [0.1, 0.15) is 48.7 Å². The fraction of sp³-hybridized carbons (Fsp3) is 0.364. The van der Waals surface area contributed by atoms with E-state index < -0.39 is 0 Å². The third-order valence-corrected chi connectivity index (χ3v) is 4.29. The molecule has 0 fully saturated rings. The Hall–Kier alpha value is -3.02. The topological polar surface area (TPSA) is 76.7 Å². The van der Waals surface area contributed by atoms with Crippen LogP contribution in [-0.2, 0) is 9.53 Å². The Balaban J connectivity index is 1.83. The van der Waals surface area contributed by atoms with Crippen molar-refractivity contribution >= 4 is 17.6 Å². The van der Waals surface area contributed by atoms with Crippen LogP contribution in [0.4, 0.5) is 5.69 Å². The molecule has 0 aliphatic rings. The lowest BCUT2D eigenvalue weighted by Gasteiger charge is -2.17. The number of carbonyl (C=O) groups is 2. The Morgan fingerprint density at radius 1 is 1.07 bits per heavy atom. The Bertz CT molecular complexity index is 774. The van der Waals surface area contributed by atoms with Crippen LogP contribution in [0.25, 0.3) is 0 Å². The van der Waals surface area contributed by atoms with E-state index in [1.54, 1.807) is 31.4 Å². The molecule has 0 aromatic heterocycles. The molecular formula is C22H28N2O4. The fourth-order valence-electron chi connectivity index (χ4n) is 2.69. The molecule has 0 aliphatic heterocycles. The maximum atomic E-state index is 12.2. The summed E-state index contributed by atoms with van der Waals surface area (Å²) in [6, 6.07) is 14.3. The fourth-order valence-corrected chi connectivity index (χ4v) is 2.69. The molecule has 0 bridgehead atoms. The lowest BCUT2D eigenvalue weighted by Crippen LogP contribution is -2.32. The number of hydrogen-bond donors (Lipinski definition) is 2. The Morgan fingerprint density at radius 3 is 2.46 bits per heavy atom. The molecule has 6 nitrogen and oxygen atoms in total. The summed E-state index contributed by atoms with van der Waals surface area (Å²) in [6.07, 6.45) is 1.83. The van der Waals surface area contributed by atoms with Gasteiger partial charge in [-0.1, -0.05) is 31.5 Å². The summed E-state index contributed by atoms with van der Waals surface area (Å²) in [7, 11) is 1.61. The number of para-hydroxylation sites is 1. The van der Waals surface area contributed by atoms with Crippen molar-refractivity contribution in [3.63, 3.8) is 0 Å². The molecule has 1 unspecified atom stereocenters. The maximum absolute atomic E-state index is 12.2. The zero-order chi connectivity index (χ0) is 20.4. The molecular weight excluding hydrogens is 356 g/mol. The van der Waals surface area contributed by atoms with Crippen molar-refractivity contribution < 1.29 is 19.1 Å². The molecule has 2 aromatic rings. The molecule has 0 saturated carbocycles. The highest BCUT2D eigenvalue weighted by atomic mass is 16.5. The molecule has 2 rings (SSSR count). The van der Waals surface area contributed by atoms with Crippen LogP contribution >= 0.6 is 0 Å². The van der Waals surface area contributed by atoms with Gasteiger partial charge in [0.25, 0.3) is 0 Å². The lowest BCUT2D eigenvalue weighted by atomic mass is 10.1. The van der Waals surface area contributed by atoms with Gasteiger partial charge >= 0.3 is 5.97 Å².